The first-order valence-electron chi connectivity index (χ1n) is 5.65. The number of hydrogen-bond donors (Lipinski definition) is 2. The summed E-state index contributed by atoms with van der Waals surface area (Å²) in [4.78, 5) is 22.4. The molecule has 1 heterocycles. The predicted octanol–water partition coefficient (Wildman–Crippen LogP) is 0.101. The van der Waals surface area contributed by atoms with E-state index in [1.807, 2.05) is 0 Å². The molecule has 1 unspecified atom stereocenters. The number of nitrogens with one attached hydrogen (secondary N) is 1. The molecule has 6 nitrogen and oxygen atoms in total. The van der Waals surface area contributed by atoms with E-state index in [0.717, 1.165) is 0 Å². The van der Waals surface area contributed by atoms with Crippen LogP contribution in [-0.2, 0) is 19.4 Å². The second kappa shape index (κ2) is 5.51. The molecule has 0 aromatic heterocycles. The largest absolute Gasteiger partial charge is 0.478 e. The van der Waals surface area contributed by atoms with E-state index in [4.69, 9.17) is 5.11 Å². The quantitative estimate of drug-likeness (QED) is 0.711. The van der Waals surface area contributed by atoms with Crippen LogP contribution >= 0.6 is 0 Å². The van der Waals surface area contributed by atoms with Crippen LogP contribution in [0.15, 0.2) is 11.1 Å². The van der Waals surface area contributed by atoms with Crippen LogP contribution in [0.25, 0.3) is 0 Å². The number of aliphatic carboxylic acids is 1. The lowest BCUT2D eigenvalue weighted by atomic mass is 10.1. The Labute approximate surface area is 106 Å². The Morgan fingerprint density at radius 1 is 1.22 bits per heavy atom. The number of carbonyl (C=O) groups is 2. The van der Waals surface area contributed by atoms with E-state index in [1.54, 1.807) is 0 Å². The highest BCUT2D eigenvalue weighted by atomic mass is 32.2. The molecule has 0 saturated carbocycles. The minimum absolute atomic E-state index is 0.0360. The van der Waals surface area contributed by atoms with Crippen LogP contribution in [-0.4, -0.2) is 42.9 Å². The molecular formula is C11H17NO5S. The lowest BCUT2D eigenvalue weighted by molar-refractivity contribution is -0.133. The van der Waals surface area contributed by atoms with Crippen molar-refractivity contribution in [3.05, 3.63) is 11.1 Å². The molecule has 0 bridgehead atoms. The topological polar surface area (TPSA) is 101 Å². The maximum atomic E-state index is 11.7. The van der Waals surface area contributed by atoms with Gasteiger partial charge in [-0.2, -0.15) is 0 Å². The number of rotatable bonds is 3. The van der Waals surface area contributed by atoms with Crippen molar-refractivity contribution in [2.75, 3.05) is 11.5 Å². The van der Waals surface area contributed by atoms with Gasteiger partial charge in [-0.25, -0.2) is 13.2 Å². The normalized spacial score (nSPS) is 24.0. The standard InChI is InChI=1S/C11H17NO5S/c1-7(8(2)11(14)15)10(13)12-9-4-3-5-18(16,17)6-9/h9H,3-6H2,1-2H3,(H,12,13)(H,14,15). The van der Waals surface area contributed by atoms with E-state index in [1.165, 1.54) is 13.8 Å². The van der Waals surface area contributed by atoms with Gasteiger partial charge in [0.2, 0.25) is 5.91 Å². The molecule has 7 heteroatoms. The van der Waals surface area contributed by atoms with E-state index in [9.17, 15) is 18.0 Å². The van der Waals surface area contributed by atoms with Crippen molar-refractivity contribution >= 4 is 21.7 Å². The molecule has 1 fully saturated rings. The molecule has 0 radical (unpaired) electrons. The fraction of sp³-hybridized carbons (Fsp3) is 0.636. The molecule has 1 aliphatic rings. The fourth-order valence-corrected chi connectivity index (χ4v) is 3.40. The van der Waals surface area contributed by atoms with E-state index >= 15 is 0 Å². The Bertz CT molecular complexity index is 492. The van der Waals surface area contributed by atoms with E-state index in [2.05, 4.69) is 5.32 Å². The molecule has 1 atom stereocenters. The maximum absolute atomic E-state index is 11.7. The zero-order valence-electron chi connectivity index (χ0n) is 10.4. The van der Waals surface area contributed by atoms with Crippen LogP contribution in [0, 0.1) is 0 Å². The smallest absolute Gasteiger partial charge is 0.331 e. The summed E-state index contributed by atoms with van der Waals surface area (Å²) < 4.78 is 22.8. The highest BCUT2D eigenvalue weighted by Crippen LogP contribution is 2.13. The molecule has 1 amide bonds. The first-order chi connectivity index (χ1) is 8.23. The molecular weight excluding hydrogens is 258 g/mol. The van der Waals surface area contributed by atoms with Gasteiger partial charge in [0, 0.05) is 17.2 Å². The monoisotopic (exact) mass is 275 g/mol. The van der Waals surface area contributed by atoms with Gasteiger partial charge in [-0.15, -0.1) is 0 Å². The molecule has 0 spiro atoms. The summed E-state index contributed by atoms with van der Waals surface area (Å²) >= 11 is 0. The number of carboxylic acid groups (broad SMARTS) is 1. The summed E-state index contributed by atoms with van der Waals surface area (Å²) in [6.07, 6.45) is 1.12. The summed E-state index contributed by atoms with van der Waals surface area (Å²) in [5, 5.41) is 11.3. The van der Waals surface area contributed by atoms with Crippen molar-refractivity contribution < 1.29 is 23.1 Å². The van der Waals surface area contributed by atoms with Crippen molar-refractivity contribution in [2.24, 2.45) is 0 Å². The van der Waals surface area contributed by atoms with Crippen LogP contribution in [0.4, 0.5) is 0 Å². The Balaban J connectivity index is 2.71. The third-order valence-corrected chi connectivity index (χ3v) is 4.84. The summed E-state index contributed by atoms with van der Waals surface area (Å²) in [7, 11) is -3.09. The predicted molar refractivity (Wildman–Crippen MR) is 65.8 cm³/mol. The summed E-state index contributed by atoms with van der Waals surface area (Å²) in [6, 6.07) is -0.423. The highest BCUT2D eigenvalue weighted by Gasteiger charge is 2.26. The van der Waals surface area contributed by atoms with Crippen LogP contribution in [0.5, 0.6) is 0 Å². The lowest BCUT2D eigenvalue weighted by Crippen LogP contribution is -2.43. The van der Waals surface area contributed by atoms with Gasteiger partial charge in [0.15, 0.2) is 9.84 Å². The number of hydrogen-bond acceptors (Lipinski definition) is 4. The minimum atomic E-state index is -3.09. The Hall–Kier alpha value is -1.37. The van der Waals surface area contributed by atoms with Crippen LogP contribution in [0.3, 0.4) is 0 Å². The highest BCUT2D eigenvalue weighted by molar-refractivity contribution is 7.91. The average Bonchev–Trinajstić information content (AvgIpc) is 2.25. The SMILES string of the molecule is CC(C(=O)O)=C(C)C(=O)NC1CCCS(=O)(=O)C1. The molecule has 0 aromatic carbocycles. The van der Waals surface area contributed by atoms with Gasteiger partial charge in [0.1, 0.15) is 0 Å². The number of carboxylic acids is 1. The van der Waals surface area contributed by atoms with E-state index < -0.39 is 27.8 Å². The molecule has 1 aliphatic heterocycles. The molecule has 0 aliphatic carbocycles. The molecule has 2 N–H and O–H groups in total. The van der Waals surface area contributed by atoms with Gasteiger partial charge in [-0.05, 0) is 26.7 Å². The van der Waals surface area contributed by atoms with Crippen LogP contribution < -0.4 is 5.32 Å². The molecule has 1 rings (SSSR count). The Morgan fingerprint density at radius 3 is 2.33 bits per heavy atom. The second-order valence-electron chi connectivity index (χ2n) is 4.48. The zero-order valence-corrected chi connectivity index (χ0v) is 11.2. The molecule has 18 heavy (non-hydrogen) atoms. The summed E-state index contributed by atoms with van der Waals surface area (Å²) in [5.74, 6) is -1.59. The van der Waals surface area contributed by atoms with E-state index in [0.29, 0.717) is 12.8 Å². The Kier molecular flexibility index (Phi) is 4.50. The summed E-state index contributed by atoms with van der Waals surface area (Å²) in [5.41, 5.74) is 0.0663. The van der Waals surface area contributed by atoms with Gasteiger partial charge in [0.25, 0.3) is 0 Å². The van der Waals surface area contributed by atoms with Gasteiger partial charge >= 0.3 is 5.97 Å². The lowest BCUT2D eigenvalue weighted by Gasteiger charge is -2.23. The zero-order chi connectivity index (χ0) is 13.9. The molecule has 0 aromatic rings. The van der Waals surface area contributed by atoms with Gasteiger partial charge in [-0.3, -0.25) is 4.79 Å². The van der Waals surface area contributed by atoms with Crippen molar-refractivity contribution in [3.8, 4) is 0 Å². The number of sulfone groups is 1. The van der Waals surface area contributed by atoms with Gasteiger partial charge < -0.3 is 10.4 Å². The summed E-state index contributed by atoms with van der Waals surface area (Å²) in [6.45, 7) is 2.75. The van der Waals surface area contributed by atoms with Crippen molar-refractivity contribution in [3.63, 3.8) is 0 Å². The average molecular weight is 275 g/mol. The van der Waals surface area contributed by atoms with Crippen molar-refractivity contribution in [1.82, 2.24) is 5.32 Å². The van der Waals surface area contributed by atoms with E-state index in [-0.39, 0.29) is 22.7 Å². The van der Waals surface area contributed by atoms with Crippen LogP contribution in [0.1, 0.15) is 26.7 Å². The Morgan fingerprint density at radius 2 is 1.83 bits per heavy atom. The minimum Gasteiger partial charge on any atom is -0.478 e. The molecule has 102 valence electrons. The molecule has 1 saturated heterocycles. The first-order valence-corrected chi connectivity index (χ1v) is 7.47. The van der Waals surface area contributed by atoms with Crippen molar-refractivity contribution in [2.45, 2.75) is 32.7 Å². The third kappa shape index (κ3) is 3.83. The first kappa shape index (κ1) is 14.7. The third-order valence-electron chi connectivity index (χ3n) is 3.02. The van der Waals surface area contributed by atoms with Crippen molar-refractivity contribution in [1.29, 1.82) is 0 Å². The van der Waals surface area contributed by atoms with Crippen LogP contribution in [0.2, 0.25) is 0 Å². The number of amides is 1. The maximum Gasteiger partial charge on any atom is 0.331 e. The number of carbonyl (C=O) groups excluding carboxylic acids is 1. The van der Waals surface area contributed by atoms with Gasteiger partial charge in [-0.1, -0.05) is 0 Å². The fourth-order valence-electron chi connectivity index (χ4n) is 1.76. The van der Waals surface area contributed by atoms with Gasteiger partial charge in [0.05, 0.1) is 11.5 Å². The second-order valence-corrected chi connectivity index (χ2v) is 6.71.